The van der Waals surface area contributed by atoms with Crippen LogP contribution in [0.1, 0.15) is 25.7 Å². The molecule has 0 aliphatic carbocycles. The number of aromatic carboxylic acids is 1. The average molecular weight is 340 g/mol. The molecule has 0 atom stereocenters. The van der Waals surface area contributed by atoms with Crippen LogP contribution in [0.15, 0.2) is 28.7 Å². The highest BCUT2D eigenvalue weighted by Crippen LogP contribution is 2.26. The largest absolute Gasteiger partial charge is 0.477 e. The predicted molar refractivity (Wildman–Crippen MR) is 82.2 cm³/mol. The van der Waals surface area contributed by atoms with E-state index in [1.165, 1.54) is 22.5 Å². The second-order valence-corrected chi connectivity index (χ2v) is 6.42. The van der Waals surface area contributed by atoms with E-state index in [2.05, 4.69) is 47.2 Å². The van der Waals surface area contributed by atoms with Crippen LogP contribution in [0.3, 0.4) is 0 Å². The van der Waals surface area contributed by atoms with Crippen molar-refractivity contribution in [2.75, 3.05) is 5.32 Å². The average Bonchev–Trinajstić information content (AvgIpc) is 2.76. The third kappa shape index (κ3) is 3.36. The Balaban J connectivity index is 2.12. The summed E-state index contributed by atoms with van der Waals surface area (Å²) in [6.07, 6.45) is 0. The van der Waals surface area contributed by atoms with Gasteiger partial charge in [-0.2, -0.15) is 0 Å². The Morgan fingerprint density at radius 1 is 1.32 bits per heavy atom. The van der Waals surface area contributed by atoms with Crippen LogP contribution in [0.2, 0.25) is 0 Å². The molecule has 0 fully saturated rings. The molecule has 100 valence electrons. The Morgan fingerprint density at radius 3 is 2.47 bits per heavy atom. The van der Waals surface area contributed by atoms with Crippen molar-refractivity contribution in [2.24, 2.45) is 0 Å². The van der Waals surface area contributed by atoms with Crippen molar-refractivity contribution in [3.63, 3.8) is 0 Å². The summed E-state index contributed by atoms with van der Waals surface area (Å²) in [5, 5.41) is 12.3. The van der Waals surface area contributed by atoms with Gasteiger partial charge >= 0.3 is 5.97 Å². The fraction of sp³-hybridized carbons (Fsp3) is 0.214. The van der Waals surface area contributed by atoms with Crippen molar-refractivity contribution < 1.29 is 9.90 Å². The van der Waals surface area contributed by atoms with Crippen LogP contribution in [0.4, 0.5) is 5.69 Å². The summed E-state index contributed by atoms with van der Waals surface area (Å²) in [6.45, 7) is 4.75. The molecule has 1 heterocycles. The Kier molecular flexibility index (Phi) is 4.27. The molecule has 2 rings (SSSR count). The van der Waals surface area contributed by atoms with Gasteiger partial charge in [-0.3, -0.25) is 0 Å². The molecular formula is C14H14BrNO2S. The van der Waals surface area contributed by atoms with E-state index in [9.17, 15) is 4.79 Å². The van der Waals surface area contributed by atoms with Gasteiger partial charge in [0.05, 0.1) is 0 Å². The number of carboxylic acid groups (broad SMARTS) is 1. The van der Waals surface area contributed by atoms with Crippen LogP contribution in [0.25, 0.3) is 0 Å². The number of thiophene rings is 1. The molecular weight excluding hydrogens is 326 g/mol. The number of anilines is 1. The molecule has 1 aromatic carbocycles. The molecule has 19 heavy (non-hydrogen) atoms. The molecule has 2 N–H and O–H groups in total. The van der Waals surface area contributed by atoms with Crippen LogP contribution in [-0.4, -0.2) is 11.1 Å². The van der Waals surface area contributed by atoms with Gasteiger partial charge in [0.25, 0.3) is 0 Å². The summed E-state index contributed by atoms with van der Waals surface area (Å²) in [6, 6.07) is 7.62. The highest BCUT2D eigenvalue weighted by molar-refractivity contribution is 9.10. The van der Waals surface area contributed by atoms with Gasteiger partial charge in [-0.15, -0.1) is 11.3 Å². The SMILES string of the molecule is Cc1cc(Br)cc(C)c1NCc1ccc(C(=O)O)s1. The van der Waals surface area contributed by atoms with Crippen LogP contribution in [0.5, 0.6) is 0 Å². The molecule has 1 aromatic heterocycles. The Labute approximate surface area is 124 Å². The van der Waals surface area contributed by atoms with Crippen molar-refractivity contribution in [1.29, 1.82) is 0 Å². The van der Waals surface area contributed by atoms with E-state index in [0.717, 1.165) is 15.0 Å². The maximum atomic E-state index is 10.8. The van der Waals surface area contributed by atoms with E-state index in [1.807, 2.05) is 6.07 Å². The van der Waals surface area contributed by atoms with E-state index in [0.29, 0.717) is 11.4 Å². The second kappa shape index (κ2) is 5.75. The molecule has 0 aliphatic heterocycles. The van der Waals surface area contributed by atoms with Crippen LogP contribution in [0, 0.1) is 13.8 Å². The van der Waals surface area contributed by atoms with Crippen molar-refractivity contribution >= 4 is 38.9 Å². The lowest BCUT2D eigenvalue weighted by Gasteiger charge is -2.12. The molecule has 0 amide bonds. The van der Waals surface area contributed by atoms with Gasteiger partial charge in [0.1, 0.15) is 4.88 Å². The number of carboxylic acids is 1. The number of aryl methyl sites for hydroxylation is 2. The summed E-state index contributed by atoms with van der Waals surface area (Å²) < 4.78 is 1.07. The molecule has 0 spiro atoms. The van der Waals surface area contributed by atoms with E-state index >= 15 is 0 Å². The summed E-state index contributed by atoms with van der Waals surface area (Å²) in [7, 11) is 0. The first-order valence-electron chi connectivity index (χ1n) is 5.80. The van der Waals surface area contributed by atoms with Gasteiger partial charge in [0.2, 0.25) is 0 Å². The van der Waals surface area contributed by atoms with Gasteiger partial charge < -0.3 is 10.4 Å². The van der Waals surface area contributed by atoms with Gasteiger partial charge in [-0.05, 0) is 49.2 Å². The minimum atomic E-state index is -0.868. The van der Waals surface area contributed by atoms with Gasteiger partial charge in [0, 0.05) is 21.6 Å². The maximum Gasteiger partial charge on any atom is 0.345 e. The Hall–Kier alpha value is -1.33. The summed E-state index contributed by atoms with van der Waals surface area (Å²) in [4.78, 5) is 12.2. The number of hydrogen-bond acceptors (Lipinski definition) is 3. The van der Waals surface area contributed by atoms with Crippen LogP contribution in [-0.2, 0) is 6.54 Å². The van der Waals surface area contributed by atoms with E-state index in [1.54, 1.807) is 6.07 Å². The van der Waals surface area contributed by atoms with Gasteiger partial charge in [-0.25, -0.2) is 4.79 Å². The van der Waals surface area contributed by atoms with Crippen molar-refractivity contribution in [2.45, 2.75) is 20.4 Å². The lowest BCUT2D eigenvalue weighted by molar-refractivity contribution is 0.0702. The number of halogens is 1. The highest BCUT2D eigenvalue weighted by Gasteiger charge is 2.08. The molecule has 0 unspecified atom stereocenters. The zero-order valence-corrected chi connectivity index (χ0v) is 13.1. The smallest absolute Gasteiger partial charge is 0.345 e. The molecule has 0 radical (unpaired) electrons. The summed E-state index contributed by atoms with van der Waals surface area (Å²) in [5.74, 6) is -0.868. The molecule has 0 saturated heterocycles. The lowest BCUT2D eigenvalue weighted by Crippen LogP contribution is -2.01. The highest BCUT2D eigenvalue weighted by atomic mass is 79.9. The number of rotatable bonds is 4. The molecule has 0 bridgehead atoms. The van der Waals surface area contributed by atoms with Gasteiger partial charge in [-0.1, -0.05) is 15.9 Å². The predicted octanol–water partition coefficient (Wildman–Crippen LogP) is 4.44. The Bertz CT molecular complexity index is 599. The molecule has 2 aromatic rings. The van der Waals surface area contributed by atoms with Crippen molar-refractivity contribution in [1.82, 2.24) is 0 Å². The summed E-state index contributed by atoms with van der Waals surface area (Å²) >= 11 is 4.78. The fourth-order valence-electron chi connectivity index (χ4n) is 1.95. The minimum Gasteiger partial charge on any atom is -0.477 e. The summed E-state index contributed by atoms with van der Waals surface area (Å²) in [5.41, 5.74) is 3.44. The third-order valence-electron chi connectivity index (χ3n) is 2.81. The third-order valence-corrected chi connectivity index (χ3v) is 4.34. The quantitative estimate of drug-likeness (QED) is 0.865. The second-order valence-electron chi connectivity index (χ2n) is 4.34. The van der Waals surface area contributed by atoms with E-state index < -0.39 is 5.97 Å². The van der Waals surface area contributed by atoms with E-state index in [4.69, 9.17) is 5.11 Å². The lowest BCUT2D eigenvalue weighted by atomic mass is 10.1. The van der Waals surface area contributed by atoms with Crippen molar-refractivity contribution in [3.05, 3.63) is 49.6 Å². The molecule has 0 aliphatic rings. The first-order valence-corrected chi connectivity index (χ1v) is 7.41. The van der Waals surface area contributed by atoms with Crippen LogP contribution < -0.4 is 5.32 Å². The van der Waals surface area contributed by atoms with E-state index in [-0.39, 0.29) is 0 Å². The topological polar surface area (TPSA) is 49.3 Å². The minimum absolute atomic E-state index is 0.376. The fourth-order valence-corrected chi connectivity index (χ4v) is 3.43. The normalized spacial score (nSPS) is 10.5. The standard InChI is InChI=1S/C14H14BrNO2S/c1-8-5-10(15)6-9(2)13(8)16-7-11-3-4-12(19-11)14(17)18/h3-6,16H,7H2,1-2H3,(H,17,18). The number of benzene rings is 1. The first kappa shape index (κ1) is 14.1. The number of nitrogens with one attached hydrogen (secondary N) is 1. The monoisotopic (exact) mass is 339 g/mol. The number of hydrogen-bond donors (Lipinski definition) is 2. The maximum absolute atomic E-state index is 10.8. The van der Waals surface area contributed by atoms with Crippen LogP contribution >= 0.6 is 27.3 Å². The molecule has 0 saturated carbocycles. The zero-order valence-electron chi connectivity index (χ0n) is 10.7. The Morgan fingerprint density at radius 2 is 1.95 bits per heavy atom. The zero-order chi connectivity index (χ0) is 14.0. The molecule has 5 heteroatoms. The first-order chi connectivity index (χ1) is 8.97. The van der Waals surface area contributed by atoms with Gasteiger partial charge in [0.15, 0.2) is 0 Å². The number of carbonyl (C=O) groups is 1. The molecule has 3 nitrogen and oxygen atoms in total. The van der Waals surface area contributed by atoms with Crippen molar-refractivity contribution in [3.8, 4) is 0 Å².